The summed E-state index contributed by atoms with van der Waals surface area (Å²) in [4.78, 5) is 25.0. The maximum absolute atomic E-state index is 12.6. The van der Waals surface area contributed by atoms with Gasteiger partial charge in [-0.15, -0.1) is 0 Å². The zero-order chi connectivity index (χ0) is 23.2. The minimum absolute atomic E-state index is 0.260. The molecule has 1 atom stereocenters. The average Bonchev–Trinajstić information content (AvgIpc) is 2.71. The van der Waals surface area contributed by atoms with Crippen LogP contribution >= 0.6 is 0 Å². The van der Waals surface area contributed by atoms with Gasteiger partial charge in [-0.1, -0.05) is 26.0 Å². The van der Waals surface area contributed by atoms with E-state index in [-0.39, 0.29) is 5.91 Å². The highest BCUT2D eigenvalue weighted by Crippen LogP contribution is 2.22. The summed E-state index contributed by atoms with van der Waals surface area (Å²) in [6.45, 7) is 6.12. The van der Waals surface area contributed by atoms with Gasteiger partial charge in [0.1, 0.15) is 5.75 Å². The van der Waals surface area contributed by atoms with E-state index < -0.39 is 22.0 Å². The van der Waals surface area contributed by atoms with Gasteiger partial charge in [-0.2, -0.15) is 0 Å². The maximum atomic E-state index is 12.6. The molecule has 8 nitrogen and oxygen atoms in total. The van der Waals surface area contributed by atoms with E-state index in [9.17, 15) is 18.0 Å². The van der Waals surface area contributed by atoms with Crippen LogP contribution in [-0.4, -0.2) is 46.2 Å². The number of anilines is 2. The van der Waals surface area contributed by atoms with Gasteiger partial charge in [0.25, 0.3) is 11.8 Å². The van der Waals surface area contributed by atoms with E-state index in [1.165, 1.54) is 7.05 Å². The lowest BCUT2D eigenvalue weighted by Crippen LogP contribution is -2.32. The lowest BCUT2D eigenvalue weighted by Gasteiger charge is -2.19. The third-order valence-corrected chi connectivity index (χ3v) is 5.69. The van der Waals surface area contributed by atoms with Crippen LogP contribution in [0, 0.1) is 5.92 Å². The second-order valence-electron chi connectivity index (χ2n) is 7.62. The van der Waals surface area contributed by atoms with Gasteiger partial charge in [0, 0.05) is 13.6 Å². The number of ether oxygens (including phenoxy) is 1. The summed E-state index contributed by atoms with van der Waals surface area (Å²) < 4.78 is 30.1. The van der Waals surface area contributed by atoms with Crippen molar-refractivity contribution in [3.05, 3.63) is 54.1 Å². The molecule has 0 bridgehead atoms. The fourth-order valence-corrected chi connectivity index (χ4v) is 3.10. The molecule has 0 fully saturated rings. The zero-order valence-corrected chi connectivity index (χ0v) is 19.2. The number of hydrogen-bond acceptors (Lipinski definition) is 5. The Bertz CT molecular complexity index is 1020. The third kappa shape index (κ3) is 6.99. The predicted molar refractivity (Wildman–Crippen MR) is 122 cm³/mol. The van der Waals surface area contributed by atoms with E-state index >= 15 is 0 Å². The van der Waals surface area contributed by atoms with E-state index in [1.54, 1.807) is 55.5 Å². The number of nitrogens with one attached hydrogen (secondary N) is 2. The fraction of sp³-hybridized carbons (Fsp3) is 0.364. The van der Waals surface area contributed by atoms with Gasteiger partial charge in [-0.3, -0.25) is 13.9 Å². The molecule has 31 heavy (non-hydrogen) atoms. The third-order valence-electron chi connectivity index (χ3n) is 4.48. The number of hydrogen-bond donors (Lipinski definition) is 2. The molecule has 0 aliphatic rings. The van der Waals surface area contributed by atoms with E-state index in [0.29, 0.717) is 35.2 Å². The molecule has 0 unspecified atom stereocenters. The molecule has 2 N–H and O–H groups in total. The first-order valence-electron chi connectivity index (χ1n) is 9.87. The van der Waals surface area contributed by atoms with Gasteiger partial charge < -0.3 is 15.4 Å². The Morgan fingerprint density at radius 1 is 1.03 bits per heavy atom. The van der Waals surface area contributed by atoms with E-state index in [0.717, 1.165) is 10.6 Å². The Kier molecular flexibility index (Phi) is 8.04. The summed E-state index contributed by atoms with van der Waals surface area (Å²) in [5.41, 5.74) is 1.25. The number of amides is 2. The Labute approximate surface area is 183 Å². The standard InChI is InChI=1S/C22H29N3O5S/c1-15(2)14-23-22(27)19-8-6-7-9-20(19)24-21(26)16(3)30-18-12-10-17(11-13-18)25(4)31(5,28)29/h6-13,15-16H,14H2,1-5H3,(H,23,27)(H,24,26)/t16-/m1/s1. The number of carbonyl (C=O) groups excluding carboxylic acids is 2. The highest BCUT2D eigenvalue weighted by molar-refractivity contribution is 7.92. The minimum Gasteiger partial charge on any atom is -0.481 e. The van der Waals surface area contributed by atoms with Gasteiger partial charge in [0.05, 0.1) is 23.2 Å². The second-order valence-corrected chi connectivity index (χ2v) is 9.64. The summed E-state index contributed by atoms with van der Waals surface area (Å²) in [7, 11) is -1.91. The minimum atomic E-state index is -3.36. The largest absolute Gasteiger partial charge is 0.481 e. The first-order valence-corrected chi connectivity index (χ1v) is 11.7. The molecular weight excluding hydrogens is 418 g/mol. The molecular formula is C22H29N3O5S. The van der Waals surface area contributed by atoms with Crippen molar-refractivity contribution < 1.29 is 22.7 Å². The number of rotatable bonds is 9. The number of para-hydroxylation sites is 1. The van der Waals surface area contributed by atoms with Crippen LogP contribution in [0.5, 0.6) is 5.75 Å². The molecule has 0 radical (unpaired) electrons. The summed E-state index contributed by atoms with van der Waals surface area (Å²) in [5, 5.41) is 5.57. The zero-order valence-electron chi connectivity index (χ0n) is 18.4. The second kappa shape index (κ2) is 10.3. The van der Waals surface area contributed by atoms with Crippen LogP contribution < -0.4 is 19.7 Å². The van der Waals surface area contributed by atoms with Gasteiger partial charge in [-0.05, 0) is 49.2 Å². The van der Waals surface area contributed by atoms with Crippen molar-refractivity contribution in [3.63, 3.8) is 0 Å². The van der Waals surface area contributed by atoms with Crippen molar-refractivity contribution in [2.45, 2.75) is 26.9 Å². The summed E-state index contributed by atoms with van der Waals surface area (Å²) >= 11 is 0. The lowest BCUT2D eigenvalue weighted by atomic mass is 10.1. The molecule has 0 spiro atoms. The van der Waals surface area contributed by atoms with Gasteiger partial charge in [0.2, 0.25) is 10.0 Å². The Hall–Kier alpha value is -3.07. The van der Waals surface area contributed by atoms with E-state index in [1.807, 2.05) is 13.8 Å². The van der Waals surface area contributed by atoms with Gasteiger partial charge in [-0.25, -0.2) is 8.42 Å². The molecule has 0 saturated carbocycles. The lowest BCUT2D eigenvalue weighted by molar-refractivity contribution is -0.122. The SMILES string of the molecule is CC(C)CNC(=O)c1ccccc1NC(=O)[C@@H](C)Oc1ccc(N(C)S(C)(=O)=O)cc1. The van der Waals surface area contributed by atoms with E-state index in [4.69, 9.17) is 4.74 Å². The predicted octanol–water partition coefficient (Wildman–Crippen LogP) is 2.87. The van der Waals surface area contributed by atoms with Crippen LogP contribution in [0.1, 0.15) is 31.1 Å². The molecule has 0 aliphatic carbocycles. The van der Waals surface area contributed by atoms with Crippen molar-refractivity contribution in [1.29, 1.82) is 0 Å². The average molecular weight is 448 g/mol. The molecule has 2 aromatic carbocycles. The summed E-state index contributed by atoms with van der Waals surface area (Å²) in [5.74, 6) is 0.0456. The Morgan fingerprint density at radius 2 is 1.65 bits per heavy atom. The molecule has 168 valence electrons. The van der Waals surface area contributed by atoms with Crippen molar-refractivity contribution in [2.24, 2.45) is 5.92 Å². The molecule has 2 aromatic rings. The highest BCUT2D eigenvalue weighted by atomic mass is 32.2. The molecule has 2 amide bonds. The van der Waals surface area contributed by atoms with Gasteiger partial charge >= 0.3 is 0 Å². The van der Waals surface area contributed by atoms with Crippen LogP contribution in [0.4, 0.5) is 11.4 Å². The van der Waals surface area contributed by atoms with Crippen LogP contribution in [0.25, 0.3) is 0 Å². The maximum Gasteiger partial charge on any atom is 0.265 e. The van der Waals surface area contributed by atoms with Gasteiger partial charge in [0.15, 0.2) is 6.10 Å². The molecule has 0 aliphatic heterocycles. The van der Waals surface area contributed by atoms with Crippen molar-refractivity contribution in [3.8, 4) is 5.75 Å². The molecule has 0 aromatic heterocycles. The number of sulfonamides is 1. The van der Waals surface area contributed by atoms with Crippen LogP contribution in [0.3, 0.4) is 0 Å². The van der Waals surface area contributed by atoms with E-state index in [2.05, 4.69) is 10.6 Å². The Balaban J connectivity index is 2.04. The molecule has 0 heterocycles. The summed E-state index contributed by atoms with van der Waals surface area (Å²) in [6, 6.07) is 13.1. The van der Waals surface area contributed by atoms with Crippen molar-refractivity contribution in [1.82, 2.24) is 5.32 Å². The molecule has 2 rings (SSSR count). The Morgan fingerprint density at radius 3 is 2.23 bits per heavy atom. The van der Waals surface area contributed by atoms with Crippen molar-refractivity contribution >= 4 is 33.2 Å². The van der Waals surface area contributed by atoms with Crippen LogP contribution in [0.2, 0.25) is 0 Å². The molecule has 0 saturated heterocycles. The monoisotopic (exact) mass is 447 g/mol. The quantitative estimate of drug-likeness (QED) is 0.615. The van der Waals surface area contributed by atoms with Crippen molar-refractivity contribution in [2.75, 3.05) is 29.5 Å². The normalized spacial score (nSPS) is 12.2. The first kappa shape index (κ1) is 24.2. The topological polar surface area (TPSA) is 105 Å². The fourth-order valence-electron chi connectivity index (χ4n) is 2.60. The number of carbonyl (C=O) groups is 2. The number of nitrogens with zero attached hydrogens (tertiary/aromatic N) is 1. The summed E-state index contributed by atoms with van der Waals surface area (Å²) in [6.07, 6.45) is 0.273. The smallest absolute Gasteiger partial charge is 0.265 e. The first-order chi connectivity index (χ1) is 14.5. The molecule has 9 heteroatoms. The number of benzene rings is 2. The van der Waals surface area contributed by atoms with Crippen LogP contribution in [-0.2, 0) is 14.8 Å². The van der Waals surface area contributed by atoms with Crippen LogP contribution in [0.15, 0.2) is 48.5 Å². The highest BCUT2D eigenvalue weighted by Gasteiger charge is 2.19.